The van der Waals surface area contributed by atoms with Gasteiger partial charge >= 0.3 is 0 Å². The van der Waals surface area contributed by atoms with E-state index in [0.717, 1.165) is 30.8 Å². The Kier molecular flexibility index (Phi) is 3.82. The van der Waals surface area contributed by atoms with Crippen molar-refractivity contribution < 1.29 is 0 Å². The second kappa shape index (κ2) is 5.54. The summed E-state index contributed by atoms with van der Waals surface area (Å²) < 4.78 is 1.75. The van der Waals surface area contributed by atoms with Crippen LogP contribution < -0.4 is 5.32 Å². The summed E-state index contributed by atoms with van der Waals surface area (Å²) in [5.74, 6) is 0. The molecule has 0 saturated heterocycles. The predicted octanol–water partition coefficient (Wildman–Crippen LogP) is 1.38. The highest BCUT2D eigenvalue weighted by molar-refractivity contribution is 5.57. The summed E-state index contributed by atoms with van der Waals surface area (Å²) in [5, 5.41) is 11.2. The Morgan fingerprint density at radius 1 is 1.29 bits per heavy atom. The van der Waals surface area contributed by atoms with Gasteiger partial charge in [0.05, 0.1) is 11.9 Å². The fraction of sp³-hybridized carbons (Fsp3) is 0.417. The quantitative estimate of drug-likeness (QED) is 0.790. The first-order valence-corrected chi connectivity index (χ1v) is 5.81. The van der Waals surface area contributed by atoms with E-state index in [2.05, 4.69) is 33.6 Å². The Bertz CT molecular complexity index is 477. The number of nitrogens with zero attached hydrogens (tertiary/aromatic N) is 4. The maximum atomic E-state index is 4.25. The van der Waals surface area contributed by atoms with Crippen LogP contribution in [0.25, 0.3) is 11.3 Å². The van der Waals surface area contributed by atoms with E-state index in [-0.39, 0.29) is 0 Å². The molecule has 1 N–H and O–H groups in total. The smallest absolute Gasteiger partial charge is 0.0897 e. The fourth-order valence-electron chi connectivity index (χ4n) is 1.68. The minimum Gasteiger partial charge on any atom is -0.313 e. The van der Waals surface area contributed by atoms with Crippen molar-refractivity contribution in [2.45, 2.75) is 19.9 Å². The number of hydrogen-bond acceptors (Lipinski definition) is 4. The lowest BCUT2D eigenvalue weighted by molar-refractivity contribution is 0.674. The van der Waals surface area contributed by atoms with Gasteiger partial charge in [-0.15, -0.1) is 5.10 Å². The molecule has 2 rings (SSSR count). The van der Waals surface area contributed by atoms with Crippen molar-refractivity contribution in [3.63, 3.8) is 0 Å². The maximum absolute atomic E-state index is 4.25. The van der Waals surface area contributed by atoms with Crippen LogP contribution in [0.5, 0.6) is 0 Å². The summed E-state index contributed by atoms with van der Waals surface area (Å²) >= 11 is 0. The van der Waals surface area contributed by atoms with E-state index in [1.54, 1.807) is 10.9 Å². The molecule has 2 heterocycles. The van der Waals surface area contributed by atoms with E-state index < -0.39 is 0 Å². The van der Waals surface area contributed by atoms with E-state index >= 15 is 0 Å². The van der Waals surface area contributed by atoms with Crippen molar-refractivity contribution in [2.24, 2.45) is 7.05 Å². The van der Waals surface area contributed by atoms with Gasteiger partial charge in [0.25, 0.3) is 0 Å². The van der Waals surface area contributed by atoms with Gasteiger partial charge in [0, 0.05) is 31.5 Å². The molecule has 90 valence electrons. The van der Waals surface area contributed by atoms with Crippen LogP contribution in [0.1, 0.15) is 18.9 Å². The van der Waals surface area contributed by atoms with Crippen LogP contribution in [0, 0.1) is 0 Å². The highest BCUT2D eigenvalue weighted by Gasteiger charge is 2.04. The van der Waals surface area contributed by atoms with Gasteiger partial charge in [-0.2, -0.15) is 0 Å². The largest absolute Gasteiger partial charge is 0.313 e. The third kappa shape index (κ3) is 2.88. The van der Waals surface area contributed by atoms with E-state index in [9.17, 15) is 0 Å². The van der Waals surface area contributed by atoms with Gasteiger partial charge in [-0.3, -0.25) is 4.98 Å². The van der Waals surface area contributed by atoms with Crippen LogP contribution in [0.3, 0.4) is 0 Å². The average Bonchev–Trinajstić information content (AvgIpc) is 2.76. The third-order valence-corrected chi connectivity index (χ3v) is 2.56. The van der Waals surface area contributed by atoms with Gasteiger partial charge in [0.1, 0.15) is 0 Å². The fourth-order valence-corrected chi connectivity index (χ4v) is 1.68. The predicted molar refractivity (Wildman–Crippen MR) is 66.2 cm³/mol. The lowest BCUT2D eigenvalue weighted by Crippen LogP contribution is -2.13. The molecule has 17 heavy (non-hydrogen) atoms. The van der Waals surface area contributed by atoms with Crippen LogP contribution in [0.2, 0.25) is 0 Å². The summed E-state index contributed by atoms with van der Waals surface area (Å²) in [6.45, 7) is 4.03. The van der Waals surface area contributed by atoms with Crippen molar-refractivity contribution >= 4 is 0 Å². The number of hydrogen-bond donors (Lipinski definition) is 1. The minimum atomic E-state index is 0.847. The summed E-state index contributed by atoms with van der Waals surface area (Å²) in [4.78, 5) is 4.25. The molecular weight excluding hydrogens is 214 g/mol. The summed E-state index contributed by atoms with van der Waals surface area (Å²) in [6.07, 6.45) is 6.61. The molecule has 0 saturated carbocycles. The molecule has 2 aromatic rings. The Balaban J connectivity index is 2.14. The molecule has 0 aromatic carbocycles. The van der Waals surface area contributed by atoms with Gasteiger partial charge < -0.3 is 5.32 Å². The van der Waals surface area contributed by atoms with Gasteiger partial charge in [-0.05, 0) is 24.6 Å². The molecule has 0 aliphatic carbocycles. The molecule has 0 aliphatic heterocycles. The molecule has 2 aromatic heterocycles. The molecule has 0 spiro atoms. The summed E-state index contributed by atoms with van der Waals surface area (Å²) in [5.41, 5.74) is 3.21. The van der Waals surface area contributed by atoms with Crippen LogP contribution in [-0.4, -0.2) is 26.5 Å². The van der Waals surface area contributed by atoms with Gasteiger partial charge in [0.2, 0.25) is 0 Å². The first-order valence-electron chi connectivity index (χ1n) is 5.81. The molecule has 0 atom stereocenters. The molecule has 0 radical (unpaired) electrons. The van der Waals surface area contributed by atoms with Gasteiger partial charge in [-0.1, -0.05) is 12.1 Å². The highest BCUT2D eigenvalue weighted by Crippen LogP contribution is 2.16. The number of aryl methyl sites for hydroxylation is 1. The zero-order valence-corrected chi connectivity index (χ0v) is 10.2. The van der Waals surface area contributed by atoms with Crippen LogP contribution in [-0.2, 0) is 13.6 Å². The van der Waals surface area contributed by atoms with Crippen molar-refractivity contribution in [3.8, 4) is 11.3 Å². The van der Waals surface area contributed by atoms with Crippen LogP contribution in [0.4, 0.5) is 0 Å². The first kappa shape index (κ1) is 11.7. The average molecular weight is 231 g/mol. The van der Waals surface area contributed by atoms with Crippen molar-refractivity contribution in [2.75, 3.05) is 6.54 Å². The van der Waals surface area contributed by atoms with E-state index in [1.807, 2.05) is 19.4 Å². The monoisotopic (exact) mass is 231 g/mol. The zero-order valence-electron chi connectivity index (χ0n) is 10.2. The van der Waals surface area contributed by atoms with E-state index in [0.29, 0.717) is 0 Å². The second-order valence-corrected chi connectivity index (χ2v) is 4.00. The Labute approximate surface area is 101 Å². The molecular formula is C12H17N5. The summed E-state index contributed by atoms with van der Waals surface area (Å²) in [6, 6.07) is 2.12. The minimum absolute atomic E-state index is 0.847. The topological polar surface area (TPSA) is 55.6 Å². The first-order chi connectivity index (χ1) is 8.31. The number of nitrogens with one attached hydrogen (secondary N) is 1. The second-order valence-electron chi connectivity index (χ2n) is 4.00. The normalized spacial score (nSPS) is 10.7. The Morgan fingerprint density at radius 3 is 2.88 bits per heavy atom. The number of pyridine rings is 1. The third-order valence-electron chi connectivity index (χ3n) is 2.56. The standard InChI is InChI=1S/C12H17N5/c1-3-4-13-6-10-5-11(8-14-7-10)12-9-15-16-17(12)2/h5,7-9,13H,3-4,6H2,1-2H3. The molecule has 0 bridgehead atoms. The molecule has 5 heteroatoms. The molecule has 0 aliphatic rings. The SMILES string of the molecule is CCCNCc1cncc(-c2cnnn2C)c1. The van der Waals surface area contributed by atoms with Crippen molar-refractivity contribution in [1.82, 2.24) is 25.3 Å². The van der Waals surface area contributed by atoms with E-state index in [4.69, 9.17) is 0 Å². The molecule has 0 amide bonds. The summed E-state index contributed by atoms with van der Waals surface area (Å²) in [7, 11) is 1.88. The number of rotatable bonds is 5. The molecule has 0 fully saturated rings. The van der Waals surface area contributed by atoms with Crippen molar-refractivity contribution in [1.29, 1.82) is 0 Å². The maximum Gasteiger partial charge on any atom is 0.0897 e. The Morgan fingerprint density at radius 2 is 2.18 bits per heavy atom. The van der Waals surface area contributed by atoms with Crippen LogP contribution >= 0.6 is 0 Å². The van der Waals surface area contributed by atoms with Gasteiger partial charge in [-0.25, -0.2) is 4.68 Å². The van der Waals surface area contributed by atoms with Gasteiger partial charge in [0.15, 0.2) is 0 Å². The Hall–Kier alpha value is -1.75. The number of aromatic nitrogens is 4. The lowest BCUT2D eigenvalue weighted by atomic mass is 10.1. The zero-order chi connectivity index (χ0) is 12.1. The molecule has 5 nitrogen and oxygen atoms in total. The van der Waals surface area contributed by atoms with Crippen LogP contribution in [0.15, 0.2) is 24.7 Å². The molecule has 0 unspecified atom stereocenters. The lowest BCUT2D eigenvalue weighted by Gasteiger charge is -2.05. The highest BCUT2D eigenvalue weighted by atomic mass is 15.4. The van der Waals surface area contributed by atoms with E-state index in [1.165, 1.54) is 5.56 Å². The van der Waals surface area contributed by atoms with Crippen molar-refractivity contribution in [3.05, 3.63) is 30.2 Å².